The second-order valence-electron chi connectivity index (χ2n) is 10.5. The highest BCUT2D eigenvalue weighted by molar-refractivity contribution is 6.27. The summed E-state index contributed by atoms with van der Waals surface area (Å²) < 4.78 is 24.6. The maximum Gasteiger partial charge on any atom is 0.178 e. The molecule has 0 saturated heterocycles. The third-order valence-electron chi connectivity index (χ3n) is 8.06. The molecule has 7 rings (SSSR count). The lowest BCUT2D eigenvalue weighted by atomic mass is 9.82. The van der Waals surface area contributed by atoms with Crippen LogP contribution in [0.2, 0.25) is 0 Å². The SMILES string of the molecule is COCCOCCOc1cc2c3ccccc3c3ccccc3c2c2c1OC(c1ccccc1)(c1ccccc1)C=C2. The van der Waals surface area contributed by atoms with E-state index in [0.717, 1.165) is 33.2 Å². The van der Waals surface area contributed by atoms with Crippen molar-refractivity contribution in [2.45, 2.75) is 5.60 Å². The van der Waals surface area contributed by atoms with Crippen LogP contribution in [0.15, 0.2) is 121 Å². The van der Waals surface area contributed by atoms with E-state index in [2.05, 4.69) is 115 Å². The highest BCUT2D eigenvalue weighted by atomic mass is 16.6. The average molecular weight is 553 g/mol. The van der Waals surface area contributed by atoms with Gasteiger partial charge in [-0.1, -0.05) is 109 Å². The van der Waals surface area contributed by atoms with Crippen molar-refractivity contribution >= 4 is 38.4 Å². The average Bonchev–Trinajstić information content (AvgIpc) is 3.07. The Morgan fingerprint density at radius 2 is 1.14 bits per heavy atom. The van der Waals surface area contributed by atoms with Crippen molar-refractivity contribution in [1.82, 2.24) is 0 Å². The summed E-state index contributed by atoms with van der Waals surface area (Å²) in [6.07, 6.45) is 4.42. The molecule has 0 aliphatic carbocycles. The summed E-state index contributed by atoms with van der Waals surface area (Å²) in [4.78, 5) is 0. The molecule has 42 heavy (non-hydrogen) atoms. The maximum absolute atomic E-state index is 7.21. The molecule has 0 spiro atoms. The van der Waals surface area contributed by atoms with E-state index >= 15 is 0 Å². The first-order chi connectivity index (χ1) is 20.8. The molecule has 0 amide bonds. The summed E-state index contributed by atoms with van der Waals surface area (Å²) in [5, 5.41) is 7.12. The Morgan fingerprint density at radius 1 is 0.595 bits per heavy atom. The van der Waals surface area contributed by atoms with E-state index in [0.29, 0.717) is 32.2 Å². The summed E-state index contributed by atoms with van der Waals surface area (Å²) >= 11 is 0. The first-order valence-corrected chi connectivity index (χ1v) is 14.4. The molecule has 0 N–H and O–H groups in total. The van der Waals surface area contributed by atoms with Crippen molar-refractivity contribution in [2.24, 2.45) is 0 Å². The van der Waals surface area contributed by atoms with Gasteiger partial charge in [0, 0.05) is 29.2 Å². The first kappa shape index (κ1) is 26.3. The molecular formula is C38H32O4. The molecule has 0 bridgehead atoms. The zero-order valence-electron chi connectivity index (χ0n) is 23.6. The number of hydrogen-bond donors (Lipinski definition) is 0. The van der Waals surface area contributed by atoms with Crippen LogP contribution in [0, 0.1) is 0 Å². The molecule has 4 nitrogen and oxygen atoms in total. The van der Waals surface area contributed by atoms with Gasteiger partial charge < -0.3 is 18.9 Å². The molecule has 1 aliphatic heterocycles. The van der Waals surface area contributed by atoms with Gasteiger partial charge in [-0.15, -0.1) is 0 Å². The van der Waals surface area contributed by atoms with Crippen molar-refractivity contribution in [2.75, 3.05) is 33.5 Å². The van der Waals surface area contributed by atoms with Crippen LogP contribution in [-0.4, -0.2) is 33.5 Å². The van der Waals surface area contributed by atoms with Gasteiger partial charge >= 0.3 is 0 Å². The van der Waals surface area contributed by atoms with Crippen molar-refractivity contribution < 1.29 is 18.9 Å². The Morgan fingerprint density at radius 3 is 1.79 bits per heavy atom. The quantitative estimate of drug-likeness (QED) is 0.133. The normalized spacial score (nSPS) is 13.7. The lowest BCUT2D eigenvalue weighted by molar-refractivity contribution is 0.0531. The van der Waals surface area contributed by atoms with E-state index in [1.54, 1.807) is 7.11 Å². The van der Waals surface area contributed by atoms with Gasteiger partial charge in [-0.05, 0) is 45.1 Å². The Hall–Kier alpha value is -4.64. The minimum absolute atomic E-state index is 0.393. The molecule has 0 saturated carbocycles. The summed E-state index contributed by atoms with van der Waals surface area (Å²) in [5.74, 6) is 1.43. The number of hydrogen-bond acceptors (Lipinski definition) is 4. The minimum atomic E-state index is -0.817. The van der Waals surface area contributed by atoms with Crippen LogP contribution >= 0.6 is 0 Å². The number of fused-ring (bicyclic) bond motifs is 8. The summed E-state index contributed by atoms with van der Waals surface area (Å²) in [6, 6.07) is 40.2. The molecule has 0 aromatic heterocycles. The molecule has 6 aromatic carbocycles. The second kappa shape index (κ2) is 11.3. The molecule has 0 fully saturated rings. The number of methoxy groups -OCH3 is 1. The van der Waals surface area contributed by atoms with E-state index in [1.807, 2.05) is 12.1 Å². The topological polar surface area (TPSA) is 36.9 Å². The third kappa shape index (κ3) is 4.50. The van der Waals surface area contributed by atoms with E-state index in [-0.39, 0.29) is 0 Å². The van der Waals surface area contributed by atoms with Crippen LogP contribution in [0.5, 0.6) is 11.5 Å². The monoisotopic (exact) mass is 552 g/mol. The lowest BCUT2D eigenvalue weighted by Gasteiger charge is -2.37. The van der Waals surface area contributed by atoms with E-state index in [4.69, 9.17) is 18.9 Å². The van der Waals surface area contributed by atoms with Crippen molar-refractivity contribution in [1.29, 1.82) is 0 Å². The van der Waals surface area contributed by atoms with Crippen LogP contribution < -0.4 is 9.47 Å². The first-order valence-electron chi connectivity index (χ1n) is 14.4. The molecule has 4 heteroatoms. The van der Waals surface area contributed by atoms with Gasteiger partial charge in [-0.25, -0.2) is 0 Å². The van der Waals surface area contributed by atoms with Gasteiger partial charge in [0.1, 0.15) is 6.61 Å². The van der Waals surface area contributed by atoms with Gasteiger partial charge in [0.25, 0.3) is 0 Å². The number of benzene rings is 6. The van der Waals surface area contributed by atoms with E-state index < -0.39 is 5.60 Å². The van der Waals surface area contributed by atoms with Gasteiger partial charge in [0.15, 0.2) is 17.1 Å². The molecule has 1 aliphatic rings. The summed E-state index contributed by atoms with van der Waals surface area (Å²) in [6.45, 7) is 1.92. The molecule has 0 atom stereocenters. The fourth-order valence-corrected chi connectivity index (χ4v) is 6.12. The Balaban J connectivity index is 1.47. The second-order valence-corrected chi connectivity index (χ2v) is 10.5. The predicted octanol–water partition coefficient (Wildman–Crippen LogP) is 8.54. The maximum atomic E-state index is 7.21. The van der Waals surface area contributed by atoms with Crippen molar-refractivity contribution in [3.8, 4) is 11.5 Å². The number of ether oxygens (including phenoxy) is 4. The molecular weight excluding hydrogens is 520 g/mol. The standard InChI is InChI=1S/C38H32O4/c1-39-22-23-40-24-25-41-35-26-34-31-18-9-8-16-29(31)30-17-10-11-19-32(30)36(34)33-20-21-38(42-37(33)35,27-12-4-2-5-13-27)28-14-6-3-7-15-28/h2-21,26H,22-25H2,1H3. The molecule has 6 aromatic rings. The van der Waals surface area contributed by atoms with Crippen LogP contribution in [0.4, 0.5) is 0 Å². The van der Waals surface area contributed by atoms with Crippen molar-refractivity contribution in [3.05, 3.63) is 138 Å². The molecule has 208 valence electrons. The van der Waals surface area contributed by atoms with Gasteiger partial charge in [0.05, 0.1) is 19.8 Å². The highest BCUT2D eigenvalue weighted by Crippen LogP contribution is 2.51. The summed E-state index contributed by atoms with van der Waals surface area (Å²) in [7, 11) is 1.67. The largest absolute Gasteiger partial charge is 0.487 e. The van der Waals surface area contributed by atoms with Gasteiger partial charge in [-0.2, -0.15) is 0 Å². The zero-order valence-corrected chi connectivity index (χ0v) is 23.6. The zero-order chi connectivity index (χ0) is 28.4. The Kier molecular flexibility index (Phi) is 7.08. The third-order valence-corrected chi connectivity index (χ3v) is 8.06. The van der Waals surface area contributed by atoms with Crippen molar-refractivity contribution in [3.63, 3.8) is 0 Å². The Labute approximate surface area is 245 Å². The van der Waals surface area contributed by atoms with E-state index in [1.165, 1.54) is 21.5 Å². The van der Waals surface area contributed by atoms with Gasteiger partial charge in [-0.3, -0.25) is 0 Å². The van der Waals surface area contributed by atoms with Crippen LogP contribution in [-0.2, 0) is 15.1 Å². The Bertz CT molecular complexity index is 1850. The van der Waals surface area contributed by atoms with E-state index in [9.17, 15) is 0 Å². The lowest BCUT2D eigenvalue weighted by Crippen LogP contribution is -2.34. The van der Waals surface area contributed by atoms with Crippen LogP contribution in [0.25, 0.3) is 38.4 Å². The van der Waals surface area contributed by atoms with Crippen LogP contribution in [0.1, 0.15) is 16.7 Å². The summed E-state index contributed by atoms with van der Waals surface area (Å²) in [5.41, 5.74) is 2.31. The number of rotatable bonds is 9. The fourth-order valence-electron chi connectivity index (χ4n) is 6.12. The van der Waals surface area contributed by atoms with Crippen LogP contribution in [0.3, 0.4) is 0 Å². The highest BCUT2D eigenvalue weighted by Gasteiger charge is 2.39. The molecule has 0 unspecified atom stereocenters. The van der Waals surface area contributed by atoms with Gasteiger partial charge in [0.2, 0.25) is 0 Å². The molecule has 1 heterocycles. The fraction of sp³-hybridized carbons (Fsp3) is 0.158. The predicted molar refractivity (Wildman–Crippen MR) is 170 cm³/mol. The smallest absolute Gasteiger partial charge is 0.178 e. The minimum Gasteiger partial charge on any atom is -0.487 e. The molecule has 0 radical (unpaired) electrons.